The van der Waals surface area contributed by atoms with E-state index in [1.165, 1.54) is 18.9 Å². The molecule has 0 aliphatic rings. The predicted octanol–water partition coefficient (Wildman–Crippen LogP) is 4.45. The average Bonchev–Trinajstić information content (AvgIpc) is 3.04. The summed E-state index contributed by atoms with van der Waals surface area (Å²) in [7, 11) is 1.26. The van der Waals surface area contributed by atoms with Crippen LogP contribution < -0.4 is 0 Å². The second-order valence-electron chi connectivity index (χ2n) is 5.13. The highest BCUT2D eigenvalue weighted by molar-refractivity contribution is 7.99. The Balaban J connectivity index is 1.94. The van der Waals surface area contributed by atoms with Crippen LogP contribution in [0.2, 0.25) is 5.02 Å². The van der Waals surface area contributed by atoms with Crippen LogP contribution in [0.1, 0.15) is 5.82 Å². The molecule has 0 amide bonds. The highest BCUT2D eigenvalue weighted by Gasteiger charge is 2.22. The summed E-state index contributed by atoms with van der Waals surface area (Å²) in [6, 6.07) is 14.7. The van der Waals surface area contributed by atoms with Gasteiger partial charge in [0.1, 0.15) is 17.2 Å². The molecule has 0 saturated carbocycles. The van der Waals surface area contributed by atoms with Crippen LogP contribution in [0.3, 0.4) is 0 Å². The zero-order valence-corrected chi connectivity index (χ0v) is 14.9. The van der Waals surface area contributed by atoms with Crippen LogP contribution in [0.15, 0.2) is 59.2 Å². The van der Waals surface area contributed by atoms with Gasteiger partial charge in [-0.1, -0.05) is 35.9 Å². The second-order valence-corrected chi connectivity index (χ2v) is 6.56. The Kier molecular flexibility index (Phi) is 5.31. The molecule has 128 valence electrons. The minimum absolute atomic E-state index is 0.0123. The number of nitrogens with one attached hydrogen (secondary N) is 1. The highest BCUT2D eigenvalue weighted by Crippen LogP contribution is 2.30. The van der Waals surface area contributed by atoms with Crippen LogP contribution in [0.4, 0.5) is 0 Å². The van der Waals surface area contributed by atoms with Crippen LogP contribution in [0.5, 0.6) is 0 Å². The number of esters is 1. The number of H-pyrrole nitrogens is 1. The number of para-hydroxylation sites is 2. The van der Waals surface area contributed by atoms with Crippen LogP contribution in [0, 0.1) is 0 Å². The lowest BCUT2D eigenvalue weighted by Gasteiger charge is -2.08. The number of aromatic amines is 1. The van der Waals surface area contributed by atoms with Crippen molar-refractivity contribution in [3.8, 4) is 0 Å². The first kappa shape index (κ1) is 17.4. The third kappa shape index (κ3) is 3.81. The smallest absolute Gasteiger partial charge is 0.345 e. The number of aromatic nitrogens is 2. The minimum Gasteiger partial charge on any atom is -0.510 e. The van der Waals surface area contributed by atoms with E-state index in [9.17, 15) is 9.90 Å². The van der Waals surface area contributed by atoms with E-state index >= 15 is 0 Å². The molecule has 7 heteroatoms. The number of aliphatic hydroxyl groups is 1. The molecular weight excluding hydrogens is 360 g/mol. The molecule has 2 N–H and O–H groups in total. The van der Waals surface area contributed by atoms with Gasteiger partial charge in [0.05, 0.1) is 28.9 Å². The Bertz CT molecular complexity index is 919. The summed E-state index contributed by atoms with van der Waals surface area (Å²) in [5.41, 5.74) is 1.48. The van der Waals surface area contributed by atoms with Gasteiger partial charge in [0.2, 0.25) is 0 Å². The van der Waals surface area contributed by atoms with Crippen molar-refractivity contribution in [2.75, 3.05) is 12.9 Å². The van der Waals surface area contributed by atoms with Crippen molar-refractivity contribution in [2.45, 2.75) is 4.90 Å². The fourth-order valence-electron chi connectivity index (χ4n) is 2.30. The van der Waals surface area contributed by atoms with E-state index in [0.717, 1.165) is 10.4 Å². The number of rotatable bonds is 5. The van der Waals surface area contributed by atoms with E-state index in [1.807, 2.05) is 42.5 Å². The van der Waals surface area contributed by atoms with Gasteiger partial charge in [-0.25, -0.2) is 9.78 Å². The number of methoxy groups -OCH3 is 1. The first-order chi connectivity index (χ1) is 12.1. The Morgan fingerprint density at radius 3 is 2.68 bits per heavy atom. The molecule has 3 rings (SSSR count). The predicted molar refractivity (Wildman–Crippen MR) is 99.8 cm³/mol. The maximum atomic E-state index is 12.2. The number of carbonyl (C=O) groups is 1. The van der Waals surface area contributed by atoms with Crippen molar-refractivity contribution < 1.29 is 14.6 Å². The zero-order valence-electron chi connectivity index (χ0n) is 13.3. The van der Waals surface area contributed by atoms with E-state index < -0.39 is 5.97 Å². The molecule has 0 saturated heterocycles. The molecule has 0 fully saturated rings. The molecule has 0 aliphatic carbocycles. The lowest BCUT2D eigenvalue weighted by atomic mass is 10.2. The van der Waals surface area contributed by atoms with E-state index in [2.05, 4.69) is 9.97 Å². The number of fused-ring (bicyclic) bond motifs is 1. The molecule has 0 unspecified atom stereocenters. The molecule has 0 atom stereocenters. The normalized spacial score (nSPS) is 12.1. The zero-order chi connectivity index (χ0) is 17.8. The Hall–Kier alpha value is -2.44. The number of carbonyl (C=O) groups excluding carboxylic acids is 1. The lowest BCUT2D eigenvalue weighted by molar-refractivity contribution is -0.133. The summed E-state index contributed by atoms with van der Waals surface area (Å²) >= 11 is 7.44. The number of thioether (sulfide) groups is 1. The Labute approximate surface area is 153 Å². The van der Waals surface area contributed by atoms with Crippen LogP contribution in [-0.2, 0) is 9.53 Å². The van der Waals surface area contributed by atoms with Gasteiger partial charge in [-0.2, -0.15) is 0 Å². The van der Waals surface area contributed by atoms with Crippen LogP contribution in [-0.4, -0.2) is 33.9 Å². The van der Waals surface area contributed by atoms with Gasteiger partial charge in [0, 0.05) is 4.90 Å². The standard InChI is InChI=1S/C18H15ClN2O3S/c1-24-18(23)16(17-20-12-7-3-4-8-13(12)21-17)14(22)10-25-15-9-5-2-6-11(15)19/h2-9,22H,10H2,1H3,(H,20,21)/b16-14+. The molecule has 5 nitrogen and oxygen atoms in total. The number of halogens is 1. The number of ether oxygens (including phenoxy) is 1. The van der Waals surface area contributed by atoms with E-state index in [1.54, 1.807) is 6.07 Å². The van der Waals surface area contributed by atoms with Crippen molar-refractivity contribution in [1.29, 1.82) is 0 Å². The quantitative estimate of drug-likeness (QED) is 0.298. The fraction of sp³-hybridized carbons (Fsp3) is 0.111. The number of hydrogen-bond acceptors (Lipinski definition) is 5. The van der Waals surface area contributed by atoms with Gasteiger partial charge in [-0.15, -0.1) is 11.8 Å². The third-order valence-electron chi connectivity index (χ3n) is 3.51. The lowest BCUT2D eigenvalue weighted by Crippen LogP contribution is -2.09. The van der Waals surface area contributed by atoms with Crippen molar-refractivity contribution in [2.24, 2.45) is 0 Å². The third-order valence-corrected chi connectivity index (χ3v) is 5.03. The summed E-state index contributed by atoms with van der Waals surface area (Å²) < 4.78 is 4.81. The van der Waals surface area contributed by atoms with Crippen molar-refractivity contribution in [1.82, 2.24) is 9.97 Å². The van der Waals surface area contributed by atoms with Crippen LogP contribution in [0.25, 0.3) is 16.6 Å². The molecular formula is C18H15ClN2O3S. The Morgan fingerprint density at radius 2 is 1.96 bits per heavy atom. The summed E-state index contributed by atoms with van der Waals surface area (Å²) in [6.07, 6.45) is 0. The Morgan fingerprint density at radius 1 is 1.24 bits per heavy atom. The van der Waals surface area contributed by atoms with Crippen molar-refractivity contribution in [3.63, 3.8) is 0 Å². The van der Waals surface area contributed by atoms with Gasteiger partial charge in [-0.3, -0.25) is 0 Å². The summed E-state index contributed by atoms with van der Waals surface area (Å²) in [5, 5.41) is 11.1. The topological polar surface area (TPSA) is 75.2 Å². The van der Waals surface area contributed by atoms with Gasteiger partial charge in [0.15, 0.2) is 0 Å². The largest absolute Gasteiger partial charge is 0.510 e. The molecule has 1 heterocycles. The molecule has 25 heavy (non-hydrogen) atoms. The van der Waals surface area contributed by atoms with Gasteiger partial charge in [0.25, 0.3) is 0 Å². The molecule has 0 bridgehead atoms. The molecule has 0 radical (unpaired) electrons. The van der Waals surface area contributed by atoms with Gasteiger partial charge >= 0.3 is 5.97 Å². The first-order valence-corrected chi connectivity index (χ1v) is 8.79. The summed E-state index contributed by atoms with van der Waals surface area (Å²) in [6.45, 7) is 0. The molecule has 1 aromatic heterocycles. The molecule has 0 aliphatic heterocycles. The monoisotopic (exact) mass is 374 g/mol. The number of nitrogens with zero attached hydrogens (tertiary/aromatic N) is 1. The number of benzene rings is 2. The molecule has 2 aromatic carbocycles. The molecule has 0 spiro atoms. The average molecular weight is 375 g/mol. The van der Waals surface area contributed by atoms with E-state index in [4.69, 9.17) is 16.3 Å². The van der Waals surface area contributed by atoms with Crippen molar-refractivity contribution in [3.05, 3.63) is 65.1 Å². The number of imidazole rings is 1. The van der Waals surface area contributed by atoms with Gasteiger partial charge in [-0.05, 0) is 24.3 Å². The summed E-state index contributed by atoms with van der Waals surface area (Å²) in [5.74, 6) is -0.358. The maximum absolute atomic E-state index is 12.2. The fourth-order valence-corrected chi connectivity index (χ4v) is 3.42. The number of hydrogen-bond donors (Lipinski definition) is 2. The first-order valence-electron chi connectivity index (χ1n) is 7.43. The molecule has 3 aromatic rings. The van der Waals surface area contributed by atoms with E-state index in [-0.39, 0.29) is 22.9 Å². The number of aliphatic hydroxyl groups excluding tert-OH is 1. The maximum Gasteiger partial charge on any atom is 0.345 e. The van der Waals surface area contributed by atoms with E-state index in [0.29, 0.717) is 10.5 Å². The second kappa shape index (κ2) is 7.63. The highest BCUT2D eigenvalue weighted by atomic mass is 35.5. The minimum atomic E-state index is -0.656. The SMILES string of the molecule is COC(=O)/C(=C(/O)CSc1ccccc1Cl)c1nc2ccccc2[nH]1. The van der Waals surface area contributed by atoms with Crippen molar-refractivity contribution >= 4 is 45.9 Å². The van der Waals surface area contributed by atoms with Crippen LogP contribution >= 0.6 is 23.4 Å². The summed E-state index contributed by atoms with van der Waals surface area (Å²) in [4.78, 5) is 20.4. The van der Waals surface area contributed by atoms with Gasteiger partial charge < -0.3 is 14.8 Å².